The Morgan fingerprint density at radius 2 is 2.26 bits per heavy atom. The maximum Gasteiger partial charge on any atom is 0.272 e. The van der Waals surface area contributed by atoms with Crippen molar-refractivity contribution in [2.24, 2.45) is 0 Å². The van der Waals surface area contributed by atoms with Crippen LogP contribution < -0.4 is 0 Å². The lowest BCUT2D eigenvalue weighted by molar-refractivity contribution is 0.0233. The van der Waals surface area contributed by atoms with Crippen molar-refractivity contribution < 1.29 is 14.6 Å². The Balaban J connectivity index is 2.06. The first-order valence-electron chi connectivity index (χ1n) is 8.13. The molecular formula is C16H28N4O3. The van der Waals surface area contributed by atoms with Crippen molar-refractivity contribution in [2.45, 2.75) is 32.4 Å². The average molecular weight is 324 g/mol. The third-order valence-corrected chi connectivity index (χ3v) is 4.00. The Labute approximate surface area is 137 Å². The van der Waals surface area contributed by atoms with Crippen LogP contribution in [0, 0.1) is 6.92 Å². The van der Waals surface area contributed by atoms with Crippen molar-refractivity contribution in [1.82, 2.24) is 19.6 Å². The van der Waals surface area contributed by atoms with E-state index in [1.54, 1.807) is 15.6 Å². The molecule has 7 heteroatoms. The van der Waals surface area contributed by atoms with E-state index in [1.807, 2.05) is 32.8 Å². The lowest BCUT2D eigenvalue weighted by Gasteiger charge is -2.26. The molecule has 1 amide bonds. The fourth-order valence-electron chi connectivity index (χ4n) is 3.09. The molecule has 2 rings (SSSR count). The van der Waals surface area contributed by atoms with Crippen LogP contribution in [0.4, 0.5) is 0 Å². The van der Waals surface area contributed by atoms with E-state index in [-0.39, 0.29) is 5.91 Å². The zero-order valence-corrected chi connectivity index (χ0v) is 14.6. The van der Waals surface area contributed by atoms with Crippen LogP contribution in [0.3, 0.4) is 0 Å². The number of aromatic nitrogens is 2. The first kappa shape index (κ1) is 17.9. The van der Waals surface area contributed by atoms with Gasteiger partial charge in [-0.2, -0.15) is 5.10 Å². The Morgan fingerprint density at radius 1 is 1.52 bits per heavy atom. The standard InChI is InChI=1S/C16H28N4O3/c1-5-23-9-8-20-14(10-13(2)17-20)15(21)19-7-6-16(22,12-19)11-18(3)4/h10,22H,5-9,11-12H2,1-4H3. The normalized spacial score (nSPS) is 21.4. The van der Waals surface area contributed by atoms with Crippen molar-refractivity contribution in [2.75, 3.05) is 46.9 Å². The third kappa shape index (κ3) is 4.53. The highest BCUT2D eigenvalue weighted by atomic mass is 16.5. The van der Waals surface area contributed by atoms with Gasteiger partial charge < -0.3 is 19.6 Å². The SMILES string of the molecule is CCOCCn1nc(C)cc1C(=O)N1CCC(O)(CN(C)C)C1. The van der Waals surface area contributed by atoms with Crippen molar-refractivity contribution in [1.29, 1.82) is 0 Å². The maximum absolute atomic E-state index is 12.8. The number of rotatable bonds is 7. The summed E-state index contributed by atoms with van der Waals surface area (Å²) in [4.78, 5) is 16.5. The van der Waals surface area contributed by atoms with Gasteiger partial charge >= 0.3 is 0 Å². The van der Waals surface area contributed by atoms with Crippen molar-refractivity contribution >= 4 is 5.91 Å². The summed E-state index contributed by atoms with van der Waals surface area (Å²) in [5.74, 6) is -0.0724. The fraction of sp³-hybridized carbons (Fsp3) is 0.750. The Bertz CT molecular complexity index is 543. The molecule has 1 unspecified atom stereocenters. The van der Waals surface area contributed by atoms with Crippen LogP contribution in [-0.2, 0) is 11.3 Å². The Kier molecular flexibility index (Phi) is 5.78. The number of ether oxygens (including phenoxy) is 1. The lowest BCUT2D eigenvalue weighted by atomic mass is 10.0. The number of β-amino-alcohol motifs (C(OH)–C–C–N with tert-alkyl or cyclic N) is 1. The quantitative estimate of drug-likeness (QED) is 0.734. The second-order valence-corrected chi connectivity index (χ2v) is 6.53. The highest BCUT2D eigenvalue weighted by molar-refractivity contribution is 5.93. The molecule has 0 spiro atoms. The van der Waals surface area contributed by atoms with Gasteiger partial charge in [0.15, 0.2) is 0 Å². The van der Waals surface area contributed by atoms with Crippen LogP contribution in [0.5, 0.6) is 0 Å². The number of likely N-dealkylation sites (tertiary alicyclic amines) is 1. The van der Waals surface area contributed by atoms with Crippen LogP contribution in [0.15, 0.2) is 6.07 Å². The van der Waals surface area contributed by atoms with Crippen molar-refractivity contribution in [3.05, 3.63) is 17.5 Å². The second-order valence-electron chi connectivity index (χ2n) is 6.53. The minimum atomic E-state index is -0.829. The molecule has 0 aromatic carbocycles. The molecule has 1 N–H and O–H groups in total. The predicted octanol–water partition coefficient (Wildman–Crippen LogP) is 0.367. The molecule has 1 saturated heterocycles. The molecule has 0 saturated carbocycles. The van der Waals surface area contributed by atoms with Gasteiger partial charge in [-0.25, -0.2) is 0 Å². The van der Waals surface area contributed by atoms with E-state index >= 15 is 0 Å². The van der Waals surface area contributed by atoms with Crippen LogP contribution in [0.25, 0.3) is 0 Å². The minimum absolute atomic E-state index is 0.0724. The van der Waals surface area contributed by atoms with Crippen LogP contribution in [0.1, 0.15) is 29.5 Å². The largest absolute Gasteiger partial charge is 0.387 e. The van der Waals surface area contributed by atoms with Gasteiger partial charge in [0.05, 0.1) is 31.0 Å². The summed E-state index contributed by atoms with van der Waals surface area (Å²) in [6.07, 6.45) is 0.600. The summed E-state index contributed by atoms with van der Waals surface area (Å²) in [5, 5.41) is 15.0. The molecule has 130 valence electrons. The molecule has 1 atom stereocenters. The molecule has 1 aliphatic rings. The van der Waals surface area contributed by atoms with Crippen molar-refractivity contribution in [3.8, 4) is 0 Å². The van der Waals surface area contributed by atoms with E-state index in [1.165, 1.54) is 0 Å². The van der Waals surface area contributed by atoms with Crippen LogP contribution in [-0.4, -0.2) is 83.1 Å². The summed E-state index contributed by atoms with van der Waals surface area (Å²) in [7, 11) is 3.85. The number of hydrogen-bond donors (Lipinski definition) is 1. The number of hydrogen-bond acceptors (Lipinski definition) is 5. The van der Waals surface area contributed by atoms with Crippen LogP contribution in [0.2, 0.25) is 0 Å². The van der Waals surface area contributed by atoms with Gasteiger partial charge in [-0.05, 0) is 40.4 Å². The summed E-state index contributed by atoms with van der Waals surface area (Å²) in [6.45, 7) is 7.03. The van der Waals surface area contributed by atoms with Crippen molar-refractivity contribution in [3.63, 3.8) is 0 Å². The van der Waals surface area contributed by atoms with Gasteiger partial charge in [0, 0.05) is 19.7 Å². The number of amides is 1. The summed E-state index contributed by atoms with van der Waals surface area (Å²) in [5.41, 5.74) is 0.550. The van der Waals surface area contributed by atoms with E-state index in [9.17, 15) is 9.90 Å². The molecule has 1 aliphatic heterocycles. The number of likely N-dealkylation sites (N-methyl/N-ethyl adjacent to an activating group) is 1. The molecule has 1 fully saturated rings. The minimum Gasteiger partial charge on any atom is -0.387 e. The molecular weight excluding hydrogens is 296 g/mol. The Hall–Kier alpha value is -1.44. The van der Waals surface area contributed by atoms with Gasteiger partial charge in [0.1, 0.15) is 5.69 Å². The first-order valence-corrected chi connectivity index (χ1v) is 8.13. The summed E-state index contributed by atoms with van der Waals surface area (Å²) < 4.78 is 7.06. The number of nitrogens with zero attached hydrogens (tertiary/aromatic N) is 4. The molecule has 2 heterocycles. The smallest absolute Gasteiger partial charge is 0.272 e. The molecule has 7 nitrogen and oxygen atoms in total. The van der Waals surface area contributed by atoms with E-state index in [4.69, 9.17) is 4.74 Å². The van der Waals surface area contributed by atoms with E-state index in [0.717, 1.165) is 5.69 Å². The highest BCUT2D eigenvalue weighted by Crippen LogP contribution is 2.23. The molecule has 0 radical (unpaired) electrons. The monoisotopic (exact) mass is 324 g/mol. The fourth-order valence-corrected chi connectivity index (χ4v) is 3.09. The third-order valence-electron chi connectivity index (χ3n) is 4.00. The zero-order chi connectivity index (χ0) is 17.0. The molecule has 0 aliphatic carbocycles. The Morgan fingerprint density at radius 3 is 2.91 bits per heavy atom. The van der Waals surface area contributed by atoms with E-state index in [0.29, 0.717) is 51.5 Å². The van der Waals surface area contributed by atoms with Gasteiger partial charge in [0.2, 0.25) is 0 Å². The molecule has 23 heavy (non-hydrogen) atoms. The molecule has 1 aromatic rings. The predicted molar refractivity (Wildman–Crippen MR) is 87.5 cm³/mol. The zero-order valence-electron chi connectivity index (χ0n) is 14.6. The average Bonchev–Trinajstić information content (AvgIpc) is 3.01. The van der Waals surface area contributed by atoms with E-state index < -0.39 is 5.60 Å². The van der Waals surface area contributed by atoms with Gasteiger partial charge in [0.25, 0.3) is 5.91 Å². The number of aliphatic hydroxyl groups is 1. The highest BCUT2D eigenvalue weighted by Gasteiger charge is 2.39. The first-order chi connectivity index (χ1) is 10.8. The van der Waals surface area contributed by atoms with Gasteiger partial charge in [-0.1, -0.05) is 0 Å². The second kappa shape index (κ2) is 7.42. The van der Waals surface area contributed by atoms with E-state index in [2.05, 4.69) is 5.10 Å². The number of carbonyl (C=O) groups is 1. The topological polar surface area (TPSA) is 70.8 Å². The molecule has 1 aromatic heterocycles. The van der Waals surface area contributed by atoms with Gasteiger partial charge in [-0.15, -0.1) is 0 Å². The van der Waals surface area contributed by atoms with Gasteiger partial charge in [-0.3, -0.25) is 9.48 Å². The van der Waals surface area contributed by atoms with Crippen LogP contribution >= 0.6 is 0 Å². The molecule has 0 bridgehead atoms. The maximum atomic E-state index is 12.8. The lowest BCUT2D eigenvalue weighted by Crippen LogP contribution is -2.43. The summed E-state index contributed by atoms with van der Waals surface area (Å²) >= 11 is 0. The summed E-state index contributed by atoms with van der Waals surface area (Å²) in [6, 6.07) is 1.80. The number of aryl methyl sites for hydroxylation is 1. The number of carbonyl (C=O) groups excluding carboxylic acids is 1.